The smallest absolute Gasteiger partial charge is 0.306 e. The van der Waals surface area contributed by atoms with Gasteiger partial charge in [0.15, 0.2) is 6.10 Å². The van der Waals surface area contributed by atoms with E-state index in [9.17, 15) is 14.4 Å². The maximum atomic E-state index is 12.9. The lowest BCUT2D eigenvalue weighted by molar-refractivity contribution is -0.167. The van der Waals surface area contributed by atoms with Gasteiger partial charge in [-0.05, 0) is 19.3 Å². The molecule has 0 aliphatic heterocycles. The summed E-state index contributed by atoms with van der Waals surface area (Å²) in [6, 6.07) is 0. The number of rotatable bonds is 55. The minimum absolute atomic E-state index is 0.0609. The van der Waals surface area contributed by atoms with Crippen LogP contribution in [0.2, 0.25) is 0 Å². The number of carbonyl (C=O) groups is 3. The molecule has 0 aliphatic rings. The molecule has 0 amide bonds. The molecule has 0 saturated carbocycles. The van der Waals surface area contributed by atoms with E-state index in [-0.39, 0.29) is 31.1 Å². The van der Waals surface area contributed by atoms with Gasteiger partial charge >= 0.3 is 17.9 Å². The Labute approximate surface area is 406 Å². The van der Waals surface area contributed by atoms with E-state index < -0.39 is 6.10 Å². The minimum atomic E-state index is -0.761. The van der Waals surface area contributed by atoms with Gasteiger partial charge in [-0.1, -0.05) is 303 Å². The summed E-state index contributed by atoms with van der Waals surface area (Å²) >= 11 is 0. The molecule has 6 heteroatoms. The van der Waals surface area contributed by atoms with Crippen LogP contribution in [-0.4, -0.2) is 37.2 Å². The van der Waals surface area contributed by atoms with Gasteiger partial charge in [-0.15, -0.1) is 0 Å². The van der Waals surface area contributed by atoms with Gasteiger partial charge in [-0.2, -0.15) is 0 Å². The second-order valence-electron chi connectivity index (χ2n) is 20.3. The van der Waals surface area contributed by atoms with E-state index in [0.29, 0.717) is 19.3 Å². The summed E-state index contributed by atoms with van der Waals surface area (Å²) in [6.07, 6.45) is 60.9. The van der Waals surface area contributed by atoms with E-state index >= 15 is 0 Å². The molecule has 0 saturated heterocycles. The lowest BCUT2D eigenvalue weighted by atomic mass is 10.0. The molecule has 65 heavy (non-hydrogen) atoms. The van der Waals surface area contributed by atoms with Crippen molar-refractivity contribution in [2.75, 3.05) is 13.2 Å². The lowest BCUT2D eigenvalue weighted by Crippen LogP contribution is -2.30. The van der Waals surface area contributed by atoms with Crippen molar-refractivity contribution in [1.82, 2.24) is 0 Å². The highest BCUT2D eigenvalue weighted by atomic mass is 16.6. The van der Waals surface area contributed by atoms with Crippen molar-refractivity contribution in [3.8, 4) is 0 Å². The SMILES string of the molecule is CCCCCCCCCCCCCCCCCCC(=O)OC[C@H](COC(=O)CCCCCCCCCCCCCCCCC)OC(=O)CCCCCCCCCCCCCCCCCC. The summed E-state index contributed by atoms with van der Waals surface area (Å²) in [7, 11) is 0. The summed E-state index contributed by atoms with van der Waals surface area (Å²) < 4.78 is 16.9. The summed E-state index contributed by atoms with van der Waals surface area (Å²) in [5.74, 6) is -0.830. The number of hydrogen-bond donors (Lipinski definition) is 0. The minimum Gasteiger partial charge on any atom is -0.462 e. The highest BCUT2D eigenvalue weighted by Crippen LogP contribution is 2.18. The van der Waals surface area contributed by atoms with Crippen LogP contribution in [0.5, 0.6) is 0 Å². The van der Waals surface area contributed by atoms with Crippen molar-refractivity contribution < 1.29 is 28.6 Å². The van der Waals surface area contributed by atoms with Gasteiger partial charge < -0.3 is 14.2 Å². The second kappa shape index (κ2) is 55.0. The van der Waals surface area contributed by atoms with Crippen molar-refractivity contribution in [2.45, 2.75) is 348 Å². The third-order valence-corrected chi connectivity index (χ3v) is 13.6. The van der Waals surface area contributed by atoms with Crippen LogP contribution in [0.4, 0.5) is 0 Å². The molecule has 0 unspecified atom stereocenters. The average molecular weight is 920 g/mol. The first kappa shape index (κ1) is 63.4. The van der Waals surface area contributed by atoms with Crippen LogP contribution < -0.4 is 0 Å². The van der Waals surface area contributed by atoms with E-state index in [2.05, 4.69) is 20.8 Å². The van der Waals surface area contributed by atoms with Gasteiger partial charge in [0.2, 0.25) is 0 Å². The predicted molar refractivity (Wildman–Crippen MR) is 280 cm³/mol. The number of unbranched alkanes of at least 4 members (excludes halogenated alkanes) is 44. The maximum Gasteiger partial charge on any atom is 0.306 e. The molecular weight excluding hydrogens is 805 g/mol. The zero-order valence-electron chi connectivity index (χ0n) is 44.3. The lowest BCUT2D eigenvalue weighted by Gasteiger charge is -2.18. The zero-order valence-corrected chi connectivity index (χ0v) is 44.3. The van der Waals surface area contributed by atoms with E-state index in [1.807, 2.05) is 0 Å². The first-order valence-electron chi connectivity index (χ1n) is 29.5. The van der Waals surface area contributed by atoms with E-state index in [4.69, 9.17) is 14.2 Å². The first-order chi connectivity index (χ1) is 32.0. The van der Waals surface area contributed by atoms with E-state index in [0.717, 1.165) is 57.8 Å². The van der Waals surface area contributed by atoms with Crippen molar-refractivity contribution >= 4 is 17.9 Å². The third-order valence-electron chi connectivity index (χ3n) is 13.6. The molecular formula is C59H114O6. The van der Waals surface area contributed by atoms with E-state index in [1.54, 1.807) is 0 Å². The van der Waals surface area contributed by atoms with Crippen LogP contribution in [0, 0.1) is 0 Å². The van der Waals surface area contributed by atoms with Gasteiger partial charge in [-0.3, -0.25) is 14.4 Å². The fourth-order valence-corrected chi connectivity index (χ4v) is 9.15. The molecule has 1 atom stereocenters. The Bertz CT molecular complexity index is 967. The Hall–Kier alpha value is -1.59. The molecule has 386 valence electrons. The molecule has 6 nitrogen and oxygen atoms in total. The Morgan fingerprint density at radius 1 is 0.246 bits per heavy atom. The fraction of sp³-hybridized carbons (Fsp3) is 0.949. The summed E-state index contributed by atoms with van der Waals surface area (Å²) in [6.45, 7) is 6.71. The summed E-state index contributed by atoms with van der Waals surface area (Å²) in [5, 5.41) is 0. The topological polar surface area (TPSA) is 78.9 Å². The number of hydrogen-bond acceptors (Lipinski definition) is 6. The van der Waals surface area contributed by atoms with Crippen molar-refractivity contribution in [3.05, 3.63) is 0 Å². The monoisotopic (exact) mass is 919 g/mol. The largest absolute Gasteiger partial charge is 0.462 e. The Morgan fingerprint density at radius 3 is 0.615 bits per heavy atom. The molecule has 0 radical (unpaired) electrons. The summed E-state index contributed by atoms with van der Waals surface area (Å²) in [5.41, 5.74) is 0. The maximum absolute atomic E-state index is 12.9. The van der Waals surface area contributed by atoms with Gasteiger partial charge in [0.25, 0.3) is 0 Å². The van der Waals surface area contributed by atoms with E-state index in [1.165, 1.54) is 244 Å². The van der Waals surface area contributed by atoms with Gasteiger partial charge in [0.05, 0.1) is 0 Å². The van der Waals surface area contributed by atoms with Crippen LogP contribution in [-0.2, 0) is 28.6 Å². The molecule has 0 heterocycles. The Morgan fingerprint density at radius 2 is 0.415 bits per heavy atom. The standard InChI is InChI=1S/C59H114O6/c1-4-7-10-13-16-19-22-25-28-31-34-37-40-43-46-49-52-58(61)64-55-56(54-63-57(60)51-48-45-42-39-36-33-30-27-24-21-18-15-12-9-6-3)65-59(62)53-50-47-44-41-38-35-32-29-26-23-20-17-14-11-8-5-2/h56H,4-55H2,1-3H3/t56-/m0/s1. The highest BCUT2D eigenvalue weighted by molar-refractivity contribution is 5.71. The Kier molecular flexibility index (Phi) is 53.7. The molecule has 0 aromatic heterocycles. The van der Waals surface area contributed by atoms with Crippen molar-refractivity contribution in [1.29, 1.82) is 0 Å². The molecule has 0 N–H and O–H groups in total. The molecule has 0 bridgehead atoms. The normalized spacial score (nSPS) is 11.9. The molecule has 0 fully saturated rings. The molecule has 0 aromatic carbocycles. The number of carbonyl (C=O) groups excluding carboxylic acids is 3. The second-order valence-corrected chi connectivity index (χ2v) is 20.3. The highest BCUT2D eigenvalue weighted by Gasteiger charge is 2.19. The van der Waals surface area contributed by atoms with Crippen LogP contribution in [0.25, 0.3) is 0 Å². The Balaban J connectivity index is 4.29. The molecule has 0 aromatic rings. The number of ether oxygens (including phenoxy) is 3. The van der Waals surface area contributed by atoms with Crippen LogP contribution in [0.3, 0.4) is 0 Å². The van der Waals surface area contributed by atoms with Gasteiger partial charge in [-0.25, -0.2) is 0 Å². The molecule has 0 rings (SSSR count). The zero-order chi connectivity index (χ0) is 47.2. The van der Waals surface area contributed by atoms with Crippen molar-refractivity contribution in [3.63, 3.8) is 0 Å². The third kappa shape index (κ3) is 53.2. The predicted octanol–water partition coefficient (Wildman–Crippen LogP) is 19.5. The average Bonchev–Trinajstić information content (AvgIpc) is 3.30. The first-order valence-corrected chi connectivity index (χ1v) is 29.5. The van der Waals surface area contributed by atoms with Gasteiger partial charge in [0, 0.05) is 19.3 Å². The molecule has 0 spiro atoms. The van der Waals surface area contributed by atoms with Crippen LogP contribution in [0.15, 0.2) is 0 Å². The molecule has 0 aliphatic carbocycles. The van der Waals surface area contributed by atoms with Crippen molar-refractivity contribution in [2.24, 2.45) is 0 Å². The van der Waals surface area contributed by atoms with Gasteiger partial charge in [0.1, 0.15) is 13.2 Å². The number of esters is 3. The summed E-state index contributed by atoms with van der Waals surface area (Å²) in [4.78, 5) is 38.2. The van der Waals surface area contributed by atoms with Crippen LogP contribution >= 0.6 is 0 Å². The fourth-order valence-electron chi connectivity index (χ4n) is 9.15. The quantitative estimate of drug-likeness (QED) is 0.0344. The van der Waals surface area contributed by atoms with Crippen LogP contribution in [0.1, 0.15) is 342 Å².